The fourth-order valence-electron chi connectivity index (χ4n) is 6.11. The van der Waals surface area contributed by atoms with E-state index in [2.05, 4.69) is 39.9 Å². The molecular weight excluding hydrogens is 444 g/mol. The van der Waals surface area contributed by atoms with Crippen LogP contribution in [0.3, 0.4) is 0 Å². The van der Waals surface area contributed by atoms with Crippen LogP contribution in [0.5, 0.6) is 0 Å². The van der Waals surface area contributed by atoms with Crippen LogP contribution in [0.15, 0.2) is 41.2 Å². The van der Waals surface area contributed by atoms with E-state index in [4.69, 9.17) is 4.98 Å². The van der Waals surface area contributed by atoms with E-state index in [-0.39, 0.29) is 5.56 Å². The molecule has 0 unspecified atom stereocenters. The Balaban J connectivity index is 0.964. The normalized spacial score (nSPS) is 17.1. The lowest BCUT2D eigenvalue weighted by Crippen LogP contribution is -2.28. The van der Waals surface area contributed by atoms with Gasteiger partial charge in [-0.3, -0.25) is 9.78 Å². The third-order valence-electron chi connectivity index (χ3n) is 8.05. The predicted molar refractivity (Wildman–Crippen MR) is 150 cm³/mol. The second kappa shape index (κ2) is 12.5. The average molecular weight is 487 g/mol. The number of aromatic nitrogens is 2. The molecule has 0 amide bonds. The van der Waals surface area contributed by atoms with Gasteiger partial charge in [-0.25, -0.2) is 0 Å². The van der Waals surface area contributed by atoms with Gasteiger partial charge in [-0.15, -0.1) is 0 Å². The molecule has 0 bridgehead atoms. The Bertz CT molecular complexity index is 1200. The molecule has 3 N–H and O–H groups in total. The molecule has 2 heterocycles. The van der Waals surface area contributed by atoms with Gasteiger partial charge in [0, 0.05) is 41.1 Å². The van der Waals surface area contributed by atoms with E-state index in [9.17, 15) is 4.79 Å². The second-order valence-electron chi connectivity index (χ2n) is 10.7. The summed E-state index contributed by atoms with van der Waals surface area (Å²) in [6.45, 7) is 2.12. The number of aryl methyl sites for hydroxylation is 2. The summed E-state index contributed by atoms with van der Waals surface area (Å²) in [4.78, 5) is 19.6. The Kier molecular flexibility index (Phi) is 8.71. The number of fused-ring (bicyclic) bond motifs is 3. The molecule has 3 aromatic rings. The third-order valence-corrected chi connectivity index (χ3v) is 8.05. The highest BCUT2D eigenvalue weighted by Crippen LogP contribution is 2.33. The second-order valence-corrected chi connectivity index (χ2v) is 10.7. The highest BCUT2D eigenvalue weighted by Gasteiger charge is 2.20. The van der Waals surface area contributed by atoms with Crippen LogP contribution in [-0.2, 0) is 19.3 Å². The molecule has 2 aliphatic carbocycles. The van der Waals surface area contributed by atoms with Crippen molar-refractivity contribution in [1.29, 1.82) is 0 Å². The molecule has 0 aliphatic heterocycles. The molecule has 0 fully saturated rings. The molecule has 5 rings (SSSR count). The lowest BCUT2D eigenvalue weighted by Gasteiger charge is -2.26. The van der Waals surface area contributed by atoms with Crippen molar-refractivity contribution >= 4 is 16.6 Å². The molecule has 2 aliphatic rings. The zero-order chi connectivity index (χ0) is 24.6. The minimum atomic E-state index is 0.0231. The molecule has 0 radical (unpaired) electrons. The van der Waals surface area contributed by atoms with Crippen LogP contribution in [0.4, 0.5) is 5.69 Å². The van der Waals surface area contributed by atoms with Gasteiger partial charge in [-0.1, -0.05) is 56.4 Å². The van der Waals surface area contributed by atoms with E-state index in [1.165, 1.54) is 92.1 Å². The van der Waals surface area contributed by atoms with Crippen molar-refractivity contribution in [3.8, 4) is 0 Å². The lowest BCUT2D eigenvalue weighted by atomic mass is 9.91. The van der Waals surface area contributed by atoms with Crippen molar-refractivity contribution in [2.24, 2.45) is 0 Å². The summed E-state index contributed by atoms with van der Waals surface area (Å²) in [5, 5.41) is 8.83. The van der Waals surface area contributed by atoms with Gasteiger partial charge < -0.3 is 15.6 Å². The summed E-state index contributed by atoms with van der Waals surface area (Å²) >= 11 is 0. The molecule has 192 valence electrons. The van der Waals surface area contributed by atoms with Gasteiger partial charge in [0.15, 0.2) is 0 Å². The summed E-state index contributed by atoms with van der Waals surface area (Å²) in [6, 6.07) is 12.7. The van der Waals surface area contributed by atoms with Gasteiger partial charge in [-0.2, -0.15) is 0 Å². The first-order valence-electron chi connectivity index (χ1n) is 14.4. The number of pyridine rings is 2. The minimum absolute atomic E-state index is 0.0231. The van der Waals surface area contributed by atoms with Crippen LogP contribution in [0, 0.1) is 0 Å². The SMILES string of the molecule is O=c1ccc2c([nH]1)CCC[C@H]2NCCCCCCCCCNc1c2c(nc3ccccc13)CCCC2. The third kappa shape index (κ3) is 6.18. The van der Waals surface area contributed by atoms with Crippen LogP contribution < -0.4 is 16.2 Å². The fraction of sp³-hybridized carbons (Fsp3) is 0.548. The number of para-hydroxylation sites is 1. The molecule has 5 nitrogen and oxygen atoms in total. The average Bonchev–Trinajstić information content (AvgIpc) is 2.91. The smallest absolute Gasteiger partial charge is 0.248 e. The number of nitrogens with zero attached hydrogens (tertiary/aromatic N) is 1. The number of anilines is 1. The summed E-state index contributed by atoms with van der Waals surface area (Å²) in [6.07, 6.45) is 17.2. The Morgan fingerprint density at radius 3 is 2.50 bits per heavy atom. The van der Waals surface area contributed by atoms with Crippen molar-refractivity contribution in [2.45, 2.75) is 95.9 Å². The standard InChI is InChI=1S/C31H42N4O/c36-30-20-19-23-26(17-12-18-27(23)35-30)32-21-10-4-2-1-3-5-11-22-33-31-24-13-6-8-15-28(24)34-29-16-9-7-14-25(29)31/h6,8,13,15,19-20,26,32H,1-5,7,9-12,14,16-18,21-22H2,(H,33,34)(H,35,36)/t26-/m1/s1. The minimum Gasteiger partial charge on any atom is -0.384 e. The van der Waals surface area contributed by atoms with Crippen molar-refractivity contribution < 1.29 is 0 Å². The summed E-state index contributed by atoms with van der Waals surface area (Å²) in [5.41, 5.74) is 7.74. The van der Waals surface area contributed by atoms with Gasteiger partial charge in [0.05, 0.1) is 5.52 Å². The van der Waals surface area contributed by atoms with E-state index >= 15 is 0 Å². The van der Waals surface area contributed by atoms with E-state index in [1.807, 2.05) is 6.07 Å². The maximum Gasteiger partial charge on any atom is 0.248 e. The Labute approximate surface area is 215 Å². The topological polar surface area (TPSA) is 69.8 Å². The highest BCUT2D eigenvalue weighted by molar-refractivity contribution is 5.93. The number of unbranched alkanes of at least 4 members (excludes halogenated alkanes) is 6. The van der Waals surface area contributed by atoms with Gasteiger partial charge in [0.25, 0.3) is 0 Å². The molecular formula is C31H42N4O. The van der Waals surface area contributed by atoms with E-state index in [0.29, 0.717) is 6.04 Å². The van der Waals surface area contributed by atoms with E-state index in [1.54, 1.807) is 6.07 Å². The quantitative estimate of drug-likeness (QED) is 0.252. The maximum absolute atomic E-state index is 11.6. The Morgan fingerprint density at radius 2 is 1.61 bits per heavy atom. The number of hydrogen-bond donors (Lipinski definition) is 3. The Hall–Kier alpha value is -2.66. The molecule has 36 heavy (non-hydrogen) atoms. The van der Waals surface area contributed by atoms with Crippen LogP contribution in [0.25, 0.3) is 10.9 Å². The number of nitrogens with one attached hydrogen (secondary N) is 3. The number of hydrogen-bond acceptors (Lipinski definition) is 4. The molecule has 0 spiro atoms. The molecule has 1 aromatic carbocycles. The molecule has 2 aromatic heterocycles. The number of benzene rings is 1. The van der Waals surface area contributed by atoms with Gasteiger partial charge in [0.2, 0.25) is 5.56 Å². The molecule has 0 saturated carbocycles. The Morgan fingerprint density at radius 1 is 0.833 bits per heavy atom. The zero-order valence-corrected chi connectivity index (χ0v) is 21.7. The highest BCUT2D eigenvalue weighted by atomic mass is 16.1. The molecule has 0 saturated heterocycles. The fourth-order valence-corrected chi connectivity index (χ4v) is 6.11. The first-order valence-corrected chi connectivity index (χ1v) is 14.4. The van der Waals surface area contributed by atoms with E-state index in [0.717, 1.165) is 50.0 Å². The maximum atomic E-state index is 11.6. The largest absolute Gasteiger partial charge is 0.384 e. The molecule has 5 heteroatoms. The monoisotopic (exact) mass is 486 g/mol. The number of H-pyrrole nitrogens is 1. The van der Waals surface area contributed by atoms with Crippen molar-refractivity contribution in [2.75, 3.05) is 18.4 Å². The number of rotatable bonds is 12. The van der Waals surface area contributed by atoms with Crippen LogP contribution >= 0.6 is 0 Å². The molecule has 1 atom stereocenters. The summed E-state index contributed by atoms with van der Waals surface area (Å²) in [5.74, 6) is 0. The van der Waals surface area contributed by atoms with Crippen LogP contribution in [0.2, 0.25) is 0 Å². The summed E-state index contributed by atoms with van der Waals surface area (Å²) < 4.78 is 0. The first-order chi connectivity index (χ1) is 17.8. The predicted octanol–water partition coefficient (Wildman–Crippen LogP) is 6.61. The van der Waals surface area contributed by atoms with E-state index < -0.39 is 0 Å². The zero-order valence-electron chi connectivity index (χ0n) is 21.7. The van der Waals surface area contributed by atoms with Crippen molar-refractivity contribution in [3.63, 3.8) is 0 Å². The number of aromatic amines is 1. The van der Waals surface area contributed by atoms with Crippen LogP contribution in [-0.4, -0.2) is 23.1 Å². The van der Waals surface area contributed by atoms with Gasteiger partial charge in [-0.05, 0) is 81.5 Å². The first kappa shape index (κ1) is 25.0. The van der Waals surface area contributed by atoms with Gasteiger partial charge >= 0.3 is 0 Å². The lowest BCUT2D eigenvalue weighted by molar-refractivity contribution is 0.443. The van der Waals surface area contributed by atoms with Crippen molar-refractivity contribution in [3.05, 3.63) is 69.3 Å². The summed E-state index contributed by atoms with van der Waals surface area (Å²) in [7, 11) is 0. The van der Waals surface area contributed by atoms with Crippen molar-refractivity contribution in [1.82, 2.24) is 15.3 Å². The van der Waals surface area contributed by atoms with Crippen LogP contribution in [0.1, 0.15) is 99.2 Å². The van der Waals surface area contributed by atoms with Gasteiger partial charge in [0.1, 0.15) is 0 Å².